The largest absolute Gasteiger partial charge is 0.508 e. The first-order chi connectivity index (χ1) is 12.3. The van der Waals surface area contributed by atoms with Gasteiger partial charge < -0.3 is 25.3 Å². The van der Waals surface area contributed by atoms with Crippen molar-refractivity contribution in [2.24, 2.45) is 0 Å². The topological polar surface area (TPSA) is 126 Å². The third-order valence-corrected chi connectivity index (χ3v) is 3.46. The zero-order chi connectivity index (χ0) is 19.7. The van der Waals surface area contributed by atoms with Crippen molar-refractivity contribution in [3.05, 3.63) is 29.8 Å². The molecule has 0 bridgehead atoms. The number of carbonyl (C=O) groups excluding carboxylic acids is 3. The number of aromatic hydroxyl groups is 1. The summed E-state index contributed by atoms with van der Waals surface area (Å²) in [6.45, 7) is 3.35. The van der Waals surface area contributed by atoms with E-state index in [9.17, 15) is 19.5 Å². The van der Waals surface area contributed by atoms with Gasteiger partial charge in [-0.2, -0.15) is 0 Å². The molecule has 8 heteroatoms. The minimum Gasteiger partial charge on any atom is -0.508 e. The normalized spacial score (nSPS) is 12.9. The van der Waals surface area contributed by atoms with Crippen LogP contribution >= 0.6 is 0 Å². The molecule has 1 rings (SSSR count). The summed E-state index contributed by atoms with van der Waals surface area (Å²) in [7, 11) is 1.34. The highest BCUT2D eigenvalue weighted by Crippen LogP contribution is 2.20. The van der Waals surface area contributed by atoms with Crippen molar-refractivity contribution < 1.29 is 29.0 Å². The molecule has 1 amide bonds. The van der Waals surface area contributed by atoms with Gasteiger partial charge in [0, 0.05) is 13.5 Å². The first kappa shape index (κ1) is 21.3. The van der Waals surface area contributed by atoms with Gasteiger partial charge in [-0.1, -0.05) is 12.1 Å². The molecule has 0 aliphatic heterocycles. The Balaban J connectivity index is 2.89. The zero-order valence-electron chi connectivity index (χ0n) is 15.0. The Hall–Kier alpha value is -2.74. The Morgan fingerprint density at radius 3 is 2.35 bits per heavy atom. The average Bonchev–Trinajstić information content (AvgIpc) is 2.59. The number of hydrogen-bond donors (Lipinski definition) is 3. The summed E-state index contributed by atoms with van der Waals surface area (Å²) in [5.74, 6) is -1.64. The zero-order valence-corrected chi connectivity index (χ0v) is 15.0. The Kier molecular flexibility index (Phi) is 8.44. The molecule has 3 N–H and O–H groups in total. The molecule has 0 saturated carbocycles. The number of ketones is 1. The second kappa shape index (κ2) is 10.3. The van der Waals surface area contributed by atoms with E-state index in [-0.39, 0.29) is 24.7 Å². The predicted molar refractivity (Wildman–Crippen MR) is 94.0 cm³/mol. The molecule has 8 nitrogen and oxygen atoms in total. The minimum absolute atomic E-state index is 0.0114. The third kappa shape index (κ3) is 6.64. The van der Waals surface area contributed by atoms with Crippen molar-refractivity contribution in [2.45, 2.75) is 44.9 Å². The van der Waals surface area contributed by atoms with Gasteiger partial charge in [-0.05, 0) is 38.0 Å². The van der Waals surface area contributed by atoms with E-state index < -0.39 is 29.8 Å². The van der Waals surface area contributed by atoms with E-state index in [0.717, 1.165) is 0 Å². The predicted octanol–water partition coefficient (Wildman–Crippen LogP) is 1.51. The molecule has 0 saturated heterocycles. The van der Waals surface area contributed by atoms with Crippen LogP contribution in [0.1, 0.15) is 38.4 Å². The van der Waals surface area contributed by atoms with Crippen LogP contribution in [-0.2, 0) is 23.9 Å². The summed E-state index contributed by atoms with van der Waals surface area (Å²) >= 11 is 0. The monoisotopic (exact) mass is 364 g/mol. The van der Waals surface area contributed by atoms with Crippen LogP contribution in [0.15, 0.2) is 24.3 Å². The van der Waals surface area contributed by atoms with Gasteiger partial charge in [0.2, 0.25) is 0 Å². The van der Waals surface area contributed by atoms with Crippen LogP contribution in [0.4, 0.5) is 0 Å². The van der Waals surface area contributed by atoms with Gasteiger partial charge in [-0.15, -0.1) is 0 Å². The highest BCUT2D eigenvalue weighted by molar-refractivity contribution is 6.26. The first-order valence-corrected chi connectivity index (χ1v) is 8.14. The van der Waals surface area contributed by atoms with E-state index in [1.165, 1.54) is 31.4 Å². The molecule has 0 heterocycles. The van der Waals surface area contributed by atoms with E-state index in [2.05, 4.69) is 5.32 Å². The molecule has 1 aromatic carbocycles. The van der Waals surface area contributed by atoms with E-state index in [0.29, 0.717) is 11.8 Å². The van der Waals surface area contributed by atoms with Gasteiger partial charge in [0.05, 0.1) is 12.3 Å². The summed E-state index contributed by atoms with van der Waals surface area (Å²) in [4.78, 5) is 36.1. The third-order valence-electron chi connectivity index (χ3n) is 3.46. The number of amides is 1. The fourth-order valence-corrected chi connectivity index (χ4v) is 2.21. The Morgan fingerprint density at radius 1 is 1.23 bits per heavy atom. The van der Waals surface area contributed by atoms with Gasteiger partial charge in [0.1, 0.15) is 11.8 Å². The fraction of sp³-hybridized carbons (Fsp3) is 0.444. The molecule has 26 heavy (non-hydrogen) atoms. The van der Waals surface area contributed by atoms with Gasteiger partial charge in [0.25, 0.3) is 5.91 Å². The number of methoxy groups -OCH3 is 1. The number of hydrogen-bond acceptors (Lipinski definition) is 7. The van der Waals surface area contributed by atoms with Crippen molar-refractivity contribution in [1.29, 1.82) is 5.41 Å². The lowest BCUT2D eigenvalue weighted by Crippen LogP contribution is -2.45. The molecule has 1 aromatic rings. The first-order valence-electron chi connectivity index (χ1n) is 8.14. The maximum atomic E-state index is 12.5. The van der Waals surface area contributed by atoms with Crippen LogP contribution in [0.2, 0.25) is 0 Å². The number of ether oxygens (including phenoxy) is 2. The minimum atomic E-state index is -1.04. The van der Waals surface area contributed by atoms with Gasteiger partial charge in [-0.25, -0.2) is 4.79 Å². The molecular weight excluding hydrogens is 340 g/mol. The van der Waals surface area contributed by atoms with Crippen LogP contribution < -0.4 is 5.32 Å². The summed E-state index contributed by atoms with van der Waals surface area (Å²) in [6, 6.07) is 4.86. The molecule has 0 unspecified atom stereocenters. The maximum Gasteiger partial charge on any atom is 0.328 e. The van der Waals surface area contributed by atoms with Crippen molar-refractivity contribution >= 4 is 23.9 Å². The van der Waals surface area contributed by atoms with Crippen molar-refractivity contribution in [1.82, 2.24) is 5.32 Å². The second-order valence-electron chi connectivity index (χ2n) is 5.90. The van der Waals surface area contributed by atoms with Crippen molar-refractivity contribution in [2.75, 3.05) is 7.11 Å². The number of esters is 1. The smallest absolute Gasteiger partial charge is 0.328 e. The lowest BCUT2D eigenvalue weighted by molar-refractivity contribution is -0.152. The fourth-order valence-electron chi connectivity index (χ4n) is 2.21. The van der Waals surface area contributed by atoms with Gasteiger partial charge in [0.15, 0.2) is 11.9 Å². The number of nitrogens with one attached hydrogen (secondary N) is 2. The molecule has 0 radical (unpaired) electrons. The SMILES string of the molecule is CO[C@H](C(=O)N[C@@H](CCC(=O)C=N)C(=O)OC(C)C)c1ccc(O)cc1. The van der Waals surface area contributed by atoms with E-state index in [1.807, 2.05) is 0 Å². The molecule has 0 spiro atoms. The number of rotatable bonds is 10. The number of phenols is 1. The number of benzene rings is 1. The summed E-state index contributed by atoms with van der Waals surface area (Å²) in [6.07, 6.45) is -0.768. The second-order valence-corrected chi connectivity index (χ2v) is 5.90. The highest BCUT2D eigenvalue weighted by Gasteiger charge is 2.28. The molecule has 0 aromatic heterocycles. The Morgan fingerprint density at radius 2 is 1.85 bits per heavy atom. The highest BCUT2D eigenvalue weighted by atomic mass is 16.5. The van der Waals surface area contributed by atoms with Crippen LogP contribution in [-0.4, -0.2) is 48.2 Å². The average molecular weight is 364 g/mol. The van der Waals surface area contributed by atoms with Crippen LogP contribution in [0.5, 0.6) is 5.75 Å². The van der Waals surface area contributed by atoms with E-state index >= 15 is 0 Å². The maximum absolute atomic E-state index is 12.5. The lowest BCUT2D eigenvalue weighted by Gasteiger charge is -2.22. The molecule has 2 atom stereocenters. The summed E-state index contributed by atoms with van der Waals surface area (Å²) in [5, 5.41) is 18.8. The molecule has 0 fully saturated rings. The Labute approximate surface area is 152 Å². The standard InChI is InChI=1S/C18H24N2O6/c1-11(2)26-18(24)15(9-8-14(22)10-19)20-17(23)16(25-3)12-4-6-13(21)7-5-12/h4-7,10-11,15-16,19,21H,8-9H2,1-3H3,(H,20,23)/t15-,16-/m0/s1. The summed E-state index contributed by atoms with van der Waals surface area (Å²) in [5.41, 5.74) is 0.495. The number of Topliss-reactive ketones (excluding diaryl/α,β-unsaturated/α-hetero) is 1. The molecule has 0 aliphatic rings. The summed E-state index contributed by atoms with van der Waals surface area (Å²) < 4.78 is 10.3. The van der Waals surface area contributed by atoms with Crippen LogP contribution in [0.25, 0.3) is 0 Å². The quantitative estimate of drug-likeness (QED) is 0.427. The molecule has 0 aliphatic carbocycles. The van der Waals surface area contributed by atoms with E-state index in [4.69, 9.17) is 14.9 Å². The van der Waals surface area contributed by atoms with Gasteiger partial charge >= 0.3 is 5.97 Å². The van der Waals surface area contributed by atoms with Crippen molar-refractivity contribution in [3.63, 3.8) is 0 Å². The van der Waals surface area contributed by atoms with E-state index in [1.54, 1.807) is 13.8 Å². The number of carbonyl (C=O) groups is 3. The van der Waals surface area contributed by atoms with Crippen LogP contribution in [0, 0.1) is 5.41 Å². The Bertz CT molecular complexity index is 642. The van der Waals surface area contributed by atoms with Crippen molar-refractivity contribution in [3.8, 4) is 5.75 Å². The lowest BCUT2D eigenvalue weighted by atomic mass is 10.1. The number of phenolic OH excluding ortho intramolecular Hbond substituents is 1. The van der Waals surface area contributed by atoms with Gasteiger partial charge in [-0.3, -0.25) is 9.59 Å². The molecule has 142 valence electrons. The van der Waals surface area contributed by atoms with Crippen LogP contribution in [0.3, 0.4) is 0 Å². The molecular formula is C18H24N2O6.